The molecule has 0 spiro atoms. The fraction of sp³-hybridized carbons (Fsp3) is 0.100. The van der Waals surface area contributed by atoms with E-state index >= 15 is 0 Å². The first-order valence-corrected chi connectivity index (χ1v) is 4.04. The highest BCUT2D eigenvalue weighted by molar-refractivity contribution is 5.90. The normalized spacial score (nSPS) is 10.4. The van der Waals surface area contributed by atoms with E-state index in [0.717, 1.165) is 5.56 Å². The summed E-state index contributed by atoms with van der Waals surface area (Å²) in [6.07, 6.45) is 2.87. The van der Waals surface area contributed by atoms with E-state index < -0.39 is 5.91 Å². The molecule has 1 aromatic rings. The summed E-state index contributed by atoms with van der Waals surface area (Å²) in [5.41, 5.74) is 12.0. The molecule has 0 aromatic heterocycles. The van der Waals surface area contributed by atoms with Crippen LogP contribution in [-0.4, -0.2) is 13.0 Å². The largest absolute Gasteiger partial charge is 0.495 e. The molecular formula is C10H12N2O2. The number of carbonyl (C=O) groups is 1. The highest BCUT2D eigenvalue weighted by atomic mass is 16.5. The molecule has 4 nitrogen and oxygen atoms in total. The molecule has 1 amide bonds. The molecule has 0 bridgehead atoms. The molecule has 0 aliphatic rings. The molecule has 0 aliphatic heterocycles. The molecule has 0 atom stereocenters. The molecule has 0 unspecified atom stereocenters. The maximum Gasteiger partial charge on any atom is 0.241 e. The minimum atomic E-state index is -0.487. The van der Waals surface area contributed by atoms with E-state index in [1.165, 1.54) is 6.08 Å². The van der Waals surface area contributed by atoms with Crippen molar-refractivity contribution in [3.63, 3.8) is 0 Å². The Morgan fingerprint density at radius 1 is 1.50 bits per heavy atom. The van der Waals surface area contributed by atoms with Crippen LogP contribution in [0.1, 0.15) is 5.56 Å². The van der Waals surface area contributed by atoms with Gasteiger partial charge in [-0.1, -0.05) is 6.07 Å². The summed E-state index contributed by atoms with van der Waals surface area (Å²) < 4.78 is 4.98. The molecule has 0 saturated heterocycles. The quantitative estimate of drug-likeness (QED) is 0.548. The summed E-state index contributed by atoms with van der Waals surface area (Å²) >= 11 is 0. The van der Waals surface area contributed by atoms with Crippen molar-refractivity contribution >= 4 is 17.7 Å². The number of methoxy groups -OCH3 is 1. The van der Waals surface area contributed by atoms with Crippen molar-refractivity contribution in [3.05, 3.63) is 29.8 Å². The Morgan fingerprint density at radius 3 is 2.71 bits per heavy atom. The summed E-state index contributed by atoms with van der Waals surface area (Å²) in [7, 11) is 1.55. The maximum atomic E-state index is 10.5. The van der Waals surface area contributed by atoms with Crippen molar-refractivity contribution in [2.45, 2.75) is 0 Å². The molecule has 14 heavy (non-hydrogen) atoms. The molecule has 0 saturated carbocycles. The van der Waals surface area contributed by atoms with Crippen molar-refractivity contribution in [1.82, 2.24) is 0 Å². The summed E-state index contributed by atoms with van der Waals surface area (Å²) in [6.45, 7) is 0. The smallest absolute Gasteiger partial charge is 0.241 e. The van der Waals surface area contributed by atoms with Gasteiger partial charge >= 0.3 is 0 Å². The number of hydrogen-bond donors (Lipinski definition) is 2. The number of nitrogen functional groups attached to an aromatic ring is 1. The number of ether oxygens (including phenoxy) is 1. The predicted octanol–water partition coefficient (Wildman–Crippen LogP) is 0.776. The Hall–Kier alpha value is -1.97. The number of primary amides is 1. The third kappa shape index (κ3) is 2.52. The zero-order valence-corrected chi connectivity index (χ0v) is 7.86. The van der Waals surface area contributed by atoms with E-state index in [2.05, 4.69) is 0 Å². The molecular weight excluding hydrogens is 180 g/mol. The van der Waals surface area contributed by atoms with E-state index in [4.69, 9.17) is 16.2 Å². The van der Waals surface area contributed by atoms with Crippen molar-refractivity contribution in [1.29, 1.82) is 0 Å². The third-order valence-electron chi connectivity index (χ3n) is 1.69. The van der Waals surface area contributed by atoms with Crippen LogP contribution < -0.4 is 16.2 Å². The number of hydrogen-bond acceptors (Lipinski definition) is 3. The molecule has 1 rings (SSSR count). The van der Waals surface area contributed by atoms with Gasteiger partial charge in [0, 0.05) is 6.08 Å². The molecule has 0 radical (unpaired) electrons. The van der Waals surface area contributed by atoms with E-state index in [-0.39, 0.29) is 0 Å². The lowest BCUT2D eigenvalue weighted by atomic mass is 10.2. The maximum absolute atomic E-state index is 10.5. The Morgan fingerprint density at radius 2 is 2.21 bits per heavy atom. The Kier molecular flexibility index (Phi) is 3.12. The number of carbonyl (C=O) groups excluding carboxylic acids is 1. The minimum absolute atomic E-state index is 0.487. The summed E-state index contributed by atoms with van der Waals surface area (Å²) in [4.78, 5) is 10.5. The van der Waals surface area contributed by atoms with Gasteiger partial charge in [-0.25, -0.2) is 0 Å². The monoisotopic (exact) mass is 192 g/mol. The SMILES string of the molecule is COc1ccc(/C=C\C(N)=O)cc1N. The number of anilines is 1. The first kappa shape index (κ1) is 10.1. The van der Waals surface area contributed by atoms with Crippen LogP contribution in [0.2, 0.25) is 0 Å². The number of rotatable bonds is 3. The van der Waals surface area contributed by atoms with Crippen molar-refractivity contribution in [2.24, 2.45) is 5.73 Å². The van der Waals surface area contributed by atoms with Crippen molar-refractivity contribution in [2.75, 3.05) is 12.8 Å². The van der Waals surface area contributed by atoms with Gasteiger partial charge in [0.15, 0.2) is 0 Å². The summed E-state index contributed by atoms with van der Waals surface area (Å²) in [5.74, 6) is 0.126. The molecule has 74 valence electrons. The Bertz CT molecular complexity index is 372. The van der Waals surface area contributed by atoms with Crippen molar-refractivity contribution in [3.8, 4) is 5.75 Å². The van der Waals surface area contributed by atoms with E-state index in [0.29, 0.717) is 11.4 Å². The lowest BCUT2D eigenvalue weighted by molar-refractivity contribution is -0.113. The highest BCUT2D eigenvalue weighted by Crippen LogP contribution is 2.22. The lowest BCUT2D eigenvalue weighted by Gasteiger charge is -2.04. The molecule has 4 N–H and O–H groups in total. The van der Waals surface area contributed by atoms with Crippen LogP contribution in [0.15, 0.2) is 24.3 Å². The number of nitrogens with two attached hydrogens (primary N) is 2. The third-order valence-corrected chi connectivity index (χ3v) is 1.69. The van der Waals surface area contributed by atoms with Crippen LogP contribution >= 0.6 is 0 Å². The predicted molar refractivity (Wildman–Crippen MR) is 55.6 cm³/mol. The second-order valence-electron chi connectivity index (χ2n) is 2.74. The molecule has 1 aromatic carbocycles. The number of amides is 1. The molecule has 4 heteroatoms. The second-order valence-corrected chi connectivity index (χ2v) is 2.74. The average Bonchev–Trinajstić information content (AvgIpc) is 2.15. The fourth-order valence-electron chi connectivity index (χ4n) is 1.03. The van der Waals surface area contributed by atoms with Gasteiger partial charge in [0.25, 0.3) is 0 Å². The topological polar surface area (TPSA) is 78.3 Å². The molecule has 0 heterocycles. The van der Waals surface area contributed by atoms with Crippen LogP contribution in [0.25, 0.3) is 6.08 Å². The van der Waals surface area contributed by atoms with Gasteiger partial charge in [-0.2, -0.15) is 0 Å². The fourth-order valence-corrected chi connectivity index (χ4v) is 1.03. The van der Waals surface area contributed by atoms with Gasteiger partial charge in [-0.05, 0) is 23.8 Å². The summed E-state index contributed by atoms with van der Waals surface area (Å²) in [5, 5.41) is 0. The van der Waals surface area contributed by atoms with Gasteiger partial charge < -0.3 is 16.2 Å². The van der Waals surface area contributed by atoms with E-state index in [9.17, 15) is 4.79 Å². The zero-order valence-electron chi connectivity index (χ0n) is 7.86. The van der Waals surface area contributed by atoms with Gasteiger partial charge in [0.1, 0.15) is 5.75 Å². The first-order valence-electron chi connectivity index (χ1n) is 4.04. The van der Waals surface area contributed by atoms with Gasteiger partial charge in [0.05, 0.1) is 12.8 Å². The lowest BCUT2D eigenvalue weighted by Crippen LogP contribution is -2.05. The minimum Gasteiger partial charge on any atom is -0.495 e. The highest BCUT2D eigenvalue weighted by Gasteiger charge is 1.98. The molecule has 0 aliphatic carbocycles. The van der Waals surface area contributed by atoms with Gasteiger partial charge in [0.2, 0.25) is 5.91 Å². The van der Waals surface area contributed by atoms with Crippen molar-refractivity contribution < 1.29 is 9.53 Å². The summed E-state index contributed by atoms with van der Waals surface area (Å²) in [6, 6.07) is 5.23. The Labute approximate surface area is 82.2 Å². The van der Waals surface area contributed by atoms with Crippen LogP contribution in [0.3, 0.4) is 0 Å². The standard InChI is InChI=1S/C10H12N2O2/c1-14-9-4-2-7(6-8(9)11)3-5-10(12)13/h2-6H,11H2,1H3,(H2,12,13)/b5-3-. The van der Waals surface area contributed by atoms with Crippen LogP contribution in [0.4, 0.5) is 5.69 Å². The van der Waals surface area contributed by atoms with Crippen LogP contribution in [-0.2, 0) is 4.79 Å². The average molecular weight is 192 g/mol. The van der Waals surface area contributed by atoms with Crippen LogP contribution in [0, 0.1) is 0 Å². The number of benzene rings is 1. The van der Waals surface area contributed by atoms with Crippen LogP contribution in [0.5, 0.6) is 5.75 Å². The first-order chi connectivity index (χ1) is 6.63. The zero-order chi connectivity index (χ0) is 10.6. The van der Waals surface area contributed by atoms with E-state index in [1.807, 2.05) is 0 Å². The Balaban J connectivity index is 2.91. The second kappa shape index (κ2) is 4.32. The van der Waals surface area contributed by atoms with Gasteiger partial charge in [-0.3, -0.25) is 4.79 Å². The van der Waals surface area contributed by atoms with Gasteiger partial charge in [-0.15, -0.1) is 0 Å². The molecule has 0 fully saturated rings. The van der Waals surface area contributed by atoms with E-state index in [1.54, 1.807) is 31.4 Å².